The number of nitrogens with two attached hydrogens (primary N) is 1. The number of carbonyl (C=O) groups excluding carboxylic acids is 2. The van der Waals surface area contributed by atoms with Crippen LogP contribution in [0.25, 0.3) is 21.8 Å². The summed E-state index contributed by atoms with van der Waals surface area (Å²) in [6.07, 6.45) is 2.37. The first-order valence-electron chi connectivity index (χ1n) is 9.73. The zero-order valence-electron chi connectivity index (χ0n) is 16.3. The number of thiazole rings is 1. The van der Waals surface area contributed by atoms with E-state index in [1.54, 1.807) is 13.1 Å². The molecule has 3 aromatic rings. The van der Waals surface area contributed by atoms with E-state index >= 15 is 0 Å². The SMILES string of the molecule is CN1CCC(O)(c2cc(-c3cccc(-c4nc(C(N)=O)c(C5CC5)s4)c3)no2)C1=O. The van der Waals surface area contributed by atoms with Gasteiger partial charge in [0.05, 0.1) is 0 Å². The van der Waals surface area contributed by atoms with Crippen molar-refractivity contribution in [1.29, 1.82) is 0 Å². The number of likely N-dealkylation sites (tertiary alicyclic amines) is 1. The van der Waals surface area contributed by atoms with E-state index < -0.39 is 17.4 Å². The molecule has 9 heteroatoms. The zero-order chi connectivity index (χ0) is 21.0. The molecule has 2 fully saturated rings. The highest BCUT2D eigenvalue weighted by molar-refractivity contribution is 7.15. The smallest absolute Gasteiger partial charge is 0.268 e. The molecule has 1 atom stereocenters. The molecule has 2 aliphatic rings. The molecule has 0 spiro atoms. The first-order chi connectivity index (χ1) is 14.4. The van der Waals surface area contributed by atoms with E-state index in [1.165, 1.54) is 16.2 Å². The van der Waals surface area contributed by atoms with E-state index in [9.17, 15) is 14.7 Å². The van der Waals surface area contributed by atoms with Gasteiger partial charge in [-0.1, -0.05) is 23.4 Å². The summed E-state index contributed by atoms with van der Waals surface area (Å²) in [5.74, 6) is -0.383. The highest BCUT2D eigenvalue weighted by Gasteiger charge is 2.48. The molecule has 5 rings (SSSR count). The van der Waals surface area contributed by atoms with Gasteiger partial charge in [-0.25, -0.2) is 4.98 Å². The van der Waals surface area contributed by atoms with Crippen LogP contribution < -0.4 is 5.73 Å². The second kappa shape index (κ2) is 6.75. The van der Waals surface area contributed by atoms with Gasteiger partial charge in [0.25, 0.3) is 11.8 Å². The number of aliphatic hydroxyl groups is 1. The highest BCUT2D eigenvalue weighted by atomic mass is 32.1. The second-order valence-electron chi connectivity index (χ2n) is 7.86. The molecule has 1 saturated carbocycles. The van der Waals surface area contributed by atoms with Crippen LogP contribution in [0, 0.1) is 0 Å². The number of amides is 2. The Morgan fingerprint density at radius 2 is 2.10 bits per heavy atom. The molecule has 1 unspecified atom stereocenters. The summed E-state index contributed by atoms with van der Waals surface area (Å²) in [5, 5.41) is 15.5. The minimum atomic E-state index is -1.68. The molecule has 1 aliphatic carbocycles. The maximum absolute atomic E-state index is 12.3. The quantitative estimate of drug-likeness (QED) is 0.649. The molecule has 154 valence electrons. The lowest BCUT2D eigenvalue weighted by Crippen LogP contribution is -2.35. The predicted molar refractivity (Wildman–Crippen MR) is 110 cm³/mol. The van der Waals surface area contributed by atoms with Gasteiger partial charge in [0.15, 0.2) is 5.76 Å². The molecule has 0 radical (unpaired) electrons. The van der Waals surface area contributed by atoms with Crippen LogP contribution in [0.4, 0.5) is 0 Å². The number of aromatic nitrogens is 2. The molecule has 3 N–H and O–H groups in total. The molecular weight excluding hydrogens is 404 g/mol. The minimum Gasteiger partial charge on any atom is -0.373 e. The average Bonchev–Trinajstić information content (AvgIpc) is 3.19. The van der Waals surface area contributed by atoms with Gasteiger partial charge in [-0.2, -0.15) is 0 Å². The van der Waals surface area contributed by atoms with Gasteiger partial charge in [-0.15, -0.1) is 11.3 Å². The van der Waals surface area contributed by atoms with Crippen molar-refractivity contribution < 1.29 is 19.2 Å². The number of hydrogen-bond acceptors (Lipinski definition) is 7. The maximum Gasteiger partial charge on any atom is 0.268 e. The van der Waals surface area contributed by atoms with Crippen LogP contribution in [-0.2, 0) is 10.4 Å². The van der Waals surface area contributed by atoms with E-state index in [4.69, 9.17) is 10.3 Å². The molecule has 3 heterocycles. The third-order valence-corrected chi connectivity index (χ3v) is 6.93. The van der Waals surface area contributed by atoms with Crippen molar-refractivity contribution in [3.05, 3.63) is 46.7 Å². The molecule has 0 bridgehead atoms. The Bertz CT molecular complexity index is 1170. The van der Waals surface area contributed by atoms with E-state index in [1.807, 2.05) is 24.3 Å². The second-order valence-corrected chi connectivity index (χ2v) is 8.90. The van der Waals surface area contributed by atoms with E-state index in [0.717, 1.165) is 33.9 Å². The van der Waals surface area contributed by atoms with Gasteiger partial charge in [0, 0.05) is 42.1 Å². The number of hydrogen-bond donors (Lipinski definition) is 2. The van der Waals surface area contributed by atoms with Crippen molar-refractivity contribution in [1.82, 2.24) is 15.0 Å². The third kappa shape index (κ3) is 3.01. The third-order valence-electron chi connectivity index (χ3n) is 5.67. The van der Waals surface area contributed by atoms with Crippen molar-refractivity contribution in [2.75, 3.05) is 13.6 Å². The van der Waals surface area contributed by atoms with Gasteiger partial charge >= 0.3 is 0 Å². The molecule has 2 aromatic heterocycles. The van der Waals surface area contributed by atoms with Crippen LogP contribution in [-0.4, -0.2) is 45.6 Å². The lowest BCUT2D eigenvalue weighted by atomic mass is 9.98. The number of likely N-dealkylation sites (N-methyl/N-ethyl adjacent to an activating group) is 1. The van der Waals surface area contributed by atoms with E-state index in [-0.39, 0.29) is 12.2 Å². The molecule has 2 amide bonds. The fraction of sp³-hybridized carbons (Fsp3) is 0.333. The number of nitrogens with zero attached hydrogens (tertiary/aromatic N) is 3. The molecule has 30 heavy (non-hydrogen) atoms. The number of benzene rings is 1. The molecule has 8 nitrogen and oxygen atoms in total. The van der Waals surface area contributed by atoms with Crippen molar-refractivity contribution in [2.45, 2.75) is 30.8 Å². The van der Waals surface area contributed by atoms with Crippen LogP contribution in [0.3, 0.4) is 0 Å². The standard InChI is InChI=1S/C21H20N4O4S/c1-25-8-7-21(28,20(25)27)15-10-14(24-29-15)12-3-2-4-13(9-12)19-23-16(18(22)26)17(30-19)11-5-6-11/h2-4,9-11,28H,5-8H2,1H3,(H2,22,26). The number of carbonyl (C=O) groups is 2. The number of primary amides is 1. The summed E-state index contributed by atoms with van der Waals surface area (Å²) in [6.45, 7) is 0.455. The molecule has 1 aliphatic heterocycles. The van der Waals surface area contributed by atoms with Crippen LogP contribution >= 0.6 is 11.3 Å². The fourth-order valence-corrected chi connectivity index (χ4v) is 4.99. The average molecular weight is 424 g/mol. The Hall–Kier alpha value is -3.04. The Morgan fingerprint density at radius 3 is 2.77 bits per heavy atom. The van der Waals surface area contributed by atoms with Gasteiger partial charge in [0.2, 0.25) is 5.60 Å². The lowest BCUT2D eigenvalue weighted by molar-refractivity contribution is -0.144. The summed E-state index contributed by atoms with van der Waals surface area (Å²) in [5.41, 5.74) is 6.31. The first-order valence-corrected chi connectivity index (χ1v) is 10.5. The summed E-state index contributed by atoms with van der Waals surface area (Å²) >= 11 is 1.49. The van der Waals surface area contributed by atoms with Crippen LogP contribution in [0.1, 0.15) is 46.3 Å². The number of rotatable bonds is 5. The van der Waals surface area contributed by atoms with Gasteiger partial charge in [-0.3, -0.25) is 9.59 Å². The summed E-state index contributed by atoms with van der Waals surface area (Å²) in [6, 6.07) is 9.14. The maximum atomic E-state index is 12.3. The van der Waals surface area contributed by atoms with E-state index in [0.29, 0.717) is 23.9 Å². The molecule has 1 saturated heterocycles. The first kappa shape index (κ1) is 19.0. The minimum absolute atomic E-state index is 0.138. The lowest BCUT2D eigenvalue weighted by Gasteiger charge is -2.16. The van der Waals surface area contributed by atoms with Gasteiger partial charge < -0.3 is 20.3 Å². The van der Waals surface area contributed by atoms with Gasteiger partial charge in [0.1, 0.15) is 16.4 Å². The van der Waals surface area contributed by atoms with Crippen molar-refractivity contribution >= 4 is 23.2 Å². The largest absolute Gasteiger partial charge is 0.373 e. The van der Waals surface area contributed by atoms with Gasteiger partial charge in [-0.05, 0) is 24.8 Å². The summed E-state index contributed by atoms with van der Waals surface area (Å²) < 4.78 is 5.34. The normalized spacial score (nSPS) is 21.4. The van der Waals surface area contributed by atoms with Crippen molar-refractivity contribution in [3.8, 4) is 21.8 Å². The fourth-order valence-electron chi connectivity index (χ4n) is 3.75. The highest BCUT2D eigenvalue weighted by Crippen LogP contribution is 2.46. The predicted octanol–water partition coefficient (Wildman–Crippen LogP) is 2.49. The van der Waals surface area contributed by atoms with Crippen molar-refractivity contribution in [2.24, 2.45) is 5.73 Å². The summed E-state index contributed by atoms with van der Waals surface area (Å²) in [4.78, 5) is 31.0. The molecule has 1 aromatic carbocycles. The molecular formula is C21H20N4O4S. The zero-order valence-corrected chi connectivity index (χ0v) is 17.1. The topological polar surface area (TPSA) is 123 Å². The van der Waals surface area contributed by atoms with Crippen molar-refractivity contribution in [3.63, 3.8) is 0 Å². The van der Waals surface area contributed by atoms with Crippen LogP contribution in [0.2, 0.25) is 0 Å². The monoisotopic (exact) mass is 424 g/mol. The Morgan fingerprint density at radius 1 is 1.33 bits per heavy atom. The van der Waals surface area contributed by atoms with Crippen LogP contribution in [0.15, 0.2) is 34.9 Å². The Kier molecular flexibility index (Phi) is 4.26. The Labute approximate surface area is 176 Å². The Balaban J connectivity index is 1.48. The van der Waals surface area contributed by atoms with Crippen LogP contribution in [0.5, 0.6) is 0 Å². The van der Waals surface area contributed by atoms with E-state index in [2.05, 4.69) is 10.1 Å². The summed E-state index contributed by atoms with van der Waals surface area (Å²) in [7, 11) is 1.64.